The van der Waals surface area contributed by atoms with Crippen LogP contribution < -0.4 is 10.1 Å². The topological polar surface area (TPSA) is 64.6 Å². The zero-order valence-electron chi connectivity index (χ0n) is 21.9. The summed E-state index contributed by atoms with van der Waals surface area (Å²) in [5, 5.41) is 2.79. The molecule has 5 heteroatoms. The highest BCUT2D eigenvalue weighted by Crippen LogP contribution is 2.43. The van der Waals surface area contributed by atoms with E-state index < -0.39 is 5.97 Å². The number of rotatable bonds is 13. The molecule has 0 aliphatic heterocycles. The molecule has 0 radical (unpaired) electrons. The Kier molecular flexibility index (Phi) is 9.68. The summed E-state index contributed by atoms with van der Waals surface area (Å²) < 4.78 is 10.9. The maximum Gasteiger partial charge on any atom is 0.330 e. The highest BCUT2D eigenvalue weighted by Gasteiger charge is 2.35. The standard InChI is InChI=1S/C34H33NO4/c1-2-33(37)39-26-23-32(36)35-30-19-21-31(22-20-30)38-25-12-24-34(27-13-6-3-7-14-27,28-15-8-4-9-16-28)29-17-10-5-11-18-29/h2-11,13-22H,1,12,23-26H2,(H,35,36). The van der Waals surface area contributed by atoms with Crippen molar-refractivity contribution >= 4 is 17.6 Å². The molecule has 5 nitrogen and oxygen atoms in total. The fourth-order valence-corrected chi connectivity index (χ4v) is 4.79. The first kappa shape index (κ1) is 27.4. The summed E-state index contributed by atoms with van der Waals surface area (Å²) in [6.45, 7) is 3.89. The second kappa shape index (κ2) is 13.8. The molecule has 0 saturated carbocycles. The lowest BCUT2D eigenvalue weighted by Crippen LogP contribution is -2.30. The van der Waals surface area contributed by atoms with Crippen LogP contribution >= 0.6 is 0 Å². The predicted molar refractivity (Wildman–Crippen MR) is 155 cm³/mol. The zero-order valence-corrected chi connectivity index (χ0v) is 21.9. The van der Waals surface area contributed by atoms with Crippen LogP contribution in [0.5, 0.6) is 5.75 Å². The van der Waals surface area contributed by atoms with Gasteiger partial charge in [-0.05, 0) is 53.8 Å². The highest BCUT2D eigenvalue weighted by molar-refractivity contribution is 5.91. The first-order valence-corrected chi connectivity index (χ1v) is 13.1. The maximum absolute atomic E-state index is 12.1. The number of benzene rings is 4. The van der Waals surface area contributed by atoms with Crippen molar-refractivity contribution in [1.29, 1.82) is 0 Å². The lowest BCUT2D eigenvalue weighted by molar-refractivity contribution is -0.138. The van der Waals surface area contributed by atoms with Crippen LogP contribution in [0.25, 0.3) is 0 Å². The van der Waals surface area contributed by atoms with E-state index in [0.717, 1.165) is 24.7 Å². The normalized spacial score (nSPS) is 10.9. The molecule has 0 aromatic heterocycles. The van der Waals surface area contributed by atoms with Gasteiger partial charge in [0.05, 0.1) is 13.0 Å². The second-order valence-electron chi connectivity index (χ2n) is 9.15. The monoisotopic (exact) mass is 519 g/mol. The summed E-state index contributed by atoms with van der Waals surface area (Å²) in [7, 11) is 0. The van der Waals surface area contributed by atoms with Crippen molar-refractivity contribution in [1.82, 2.24) is 0 Å². The van der Waals surface area contributed by atoms with E-state index in [0.29, 0.717) is 12.3 Å². The minimum Gasteiger partial charge on any atom is -0.494 e. The van der Waals surface area contributed by atoms with E-state index in [1.807, 2.05) is 12.1 Å². The number of anilines is 1. The number of hydrogen-bond donors (Lipinski definition) is 1. The smallest absolute Gasteiger partial charge is 0.330 e. The molecule has 198 valence electrons. The van der Waals surface area contributed by atoms with Crippen LogP contribution in [0.1, 0.15) is 36.0 Å². The first-order chi connectivity index (χ1) is 19.1. The van der Waals surface area contributed by atoms with E-state index in [1.165, 1.54) is 16.7 Å². The molecule has 0 unspecified atom stereocenters. The van der Waals surface area contributed by atoms with Crippen molar-refractivity contribution in [2.75, 3.05) is 18.5 Å². The Morgan fingerprint density at radius 2 is 1.23 bits per heavy atom. The van der Waals surface area contributed by atoms with E-state index in [1.54, 1.807) is 12.1 Å². The molecule has 0 atom stereocenters. The van der Waals surface area contributed by atoms with Gasteiger partial charge in [0.1, 0.15) is 12.4 Å². The average molecular weight is 520 g/mol. The van der Waals surface area contributed by atoms with Crippen molar-refractivity contribution in [3.05, 3.63) is 145 Å². The van der Waals surface area contributed by atoms with Crippen molar-refractivity contribution in [3.8, 4) is 5.75 Å². The van der Waals surface area contributed by atoms with Crippen LogP contribution in [-0.4, -0.2) is 25.1 Å². The maximum atomic E-state index is 12.1. The summed E-state index contributed by atoms with van der Waals surface area (Å²) >= 11 is 0. The Bertz CT molecular complexity index is 1240. The van der Waals surface area contributed by atoms with Crippen LogP contribution in [0.4, 0.5) is 5.69 Å². The van der Waals surface area contributed by atoms with Gasteiger partial charge in [0, 0.05) is 17.2 Å². The number of esters is 1. The third kappa shape index (κ3) is 7.23. The summed E-state index contributed by atoms with van der Waals surface area (Å²) in [5.41, 5.74) is 4.10. The first-order valence-electron chi connectivity index (χ1n) is 13.1. The molecule has 4 aromatic rings. The fourth-order valence-electron chi connectivity index (χ4n) is 4.79. The lowest BCUT2D eigenvalue weighted by Gasteiger charge is -2.36. The Hall–Kier alpha value is -4.64. The number of ether oxygens (including phenoxy) is 2. The Labute approximate surface area is 230 Å². The number of carbonyl (C=O) groups excluding carboxylic acids is 2. The van der Waals surface area contributed by atoms with Crippen LogP contribution in [0.3, 0.4) is 0 Å². The SMILES string of the molecule is C=CC(=O)OCCC(=O)Nc1ccc(OCCCC(c2ccccc2)(c2ccccc2)c2ccccc2)cc1. The minimum absolute atomic E-state index is 0.00825. The molecule has 0 bridgehead atoms. The fraction of sp³-hybridized carbons (Fsp3) is 0.176. The van der Waals surface area contributed by atoms with E-state index in [2.05, 4.69) is 103 Å². The van der Waals surface area contributed by atoms with Gasteiger partial charge >= 0.3 is 5.97 Å². The molecule has 0 aliphatic carbocycles. The molecule has 0 fully saturated rings. The van der Waals surface area contributed by atoms with Gasteiger partial charge in [-0.15, -0.1) is 0 Å². The van der Waals surface area contributed by atoms with E-state index >= 15 is 0 Å². The van der Waals surface area contributed by atoms with E-state index in [9.17, 15) is 9.59 Å². The van der Waals surface area contributed by atoms with Gasteiger partial charge in [-0.3, -0.25) is 4.79 Å². The summed E-state index contributed by atoms with van der Waals surface area (Å²) in [6.07, 6.45) is 2.85. The van der Waals surface area contributed by atoms with Gasteiger partial charge in [0.2, 0.25) is 5.91 Å². The van der Waals surface area contributed by atoms with Gasteiger partial charge in [-0.1, -0.05) is 97.6 Å². The van der Waals surface area contributed by atoms with Crippen LogP contribution in [0.15, 0.2) is 128 Å². The molecular weight excluding hydrogens is 486 g/mol. The average Bonchev–Trinajstić information content (AvgIpc) is 2.99. The number of hydrogen-bond acceptors (Lipinski definition) is 4. The molecule has 0 heterocycles. The minimum atomic E-state index is -0.544. The third-order valence-corrected chi connectivity index (χ3v) is 6.64. The lowest BCUT2D eigenvalue weighted by atomic mass is 9.67. The summed E-state index contributed by atoms with van der Waals surface area (Å²) in [5.74, 6) is -0.0462. The molecular formula is C34H33NO4. The van der Waals surface area contributed by atoms with Crippen molar-refractivity contribution in [3.63, 3.8) is 0 Å². The number of nitrogens with one attached hydrogen (secondary N) is 1. The van der Waals surface area contributed by atoms with E-state index in [4.69, 9.17) is 9.47 Å². The van der Waals surface area contributed by atoms with Crippen LogP contribution in [0, 0.1) is 0 Å². The molecule has 39 heavy (non-hydrogen) atoms. The predicted octanol–water partition coefficient (Wildman–Crippen LogP) is 6.94. The molecule has 1 amide bonds. The summed E-state index contributed by atoms with van der Waals surface area (Å²) in [4.78, 5) is 23.1. The van der Waals surface area contributed by atoms with Gasteiger partial charge in [0.25, 0.3) is 0 Å². The number of carbonyl (C=O) groups is 2. The van der Waals surface area contributed by atoms with Crippen LogP contribution in [0.2, 0.25) is 0 Å². The Morgan fingerprint density at radius 3 is 1.72 bits per heavy atom. The Balaban J connectivity index is 1.41. The van der Waals surface area contributed by atoms with Crippen LogP contribution in [-0.2, 0) is 19.7 Å². The third-order valence-electron chi connectivity index (χ3n) is 6.64. The molecule has 4 aromatic carbocycles. The molecule has 0 saturated heterocycles. The largest absolute Gasteiger partial charge is 0.494 e. The zero-order chi connectivity index (χ0) is 27.3. The van der Waals surface area contributed by atoms with Gasteiger partial charge in [-0.2, -0.15) is 0 Å². The molecule has 0 aliphatic rings. The van der Waals surface area contributed by atoms with Crippen molar-refractivity contribution < 1.29 is 19.1 Å². The number of amides is 1. The van der Waals surface area contributed by atoms with Gasteiger partial charge in [0.15, 0.2) is 0 Å². The summed E-state index contributed by atoms with van der Waals surface area (Å²) in [6, 6.07) is 39.3. The highest BCUT2D eigenvalue weighted by atomic mass is 16.5. The van der Waals surface area contributed by atoms with Crippen molar-refractivity contribution in [2.45, 2.75) is 24.7 Å². The molecule has 0 spiro atoms. The van der Waals surface area contributed by atoms with Gasteiger partial charge < -0.3 is 14.8 Å². The molecule has 4 rings (SSSR count). The van der Waals surface area contributed by atoms with Gasteiger partial charge in [-0.25, -0.2) is 4.79 Å². The second-order valence-corrected chi connectivity index (χ2v) is 9.15. The molecule has 1 N–H and O–H groups in total. The van der Waals surface area contributed by atoms with Crippen molar-refractivity contribution in [2.24, 2.45) is 0 Å². The quantitative estimate of drug-likeness (QED) is 0.0900. The Morgan fingerprint density at radius 1 is 0.718 bits per heavy atom. The van der Waals surface area contributed by atoms with E-state index in [-0.39, 0.29) is 24.3 Å².